The number of pyridine rings is 1. The van der Waals surface area contributed by atoms with E-state index in [-0.39, 0.29) is 37.6 Å². The van der Waals surface area contributed by atoms with Gasteiger partial charge in [0.15, 0.2) is 6.10 Å². The molecular formula is C34H43N3O6. The third-order valence-electron chi connectivity index (χ3n) is 7.13. The molecule has 1 aromatic heterocycles. The summed E-state index contributed by atoms with van der Waals surface area (Å²) in [6.07, 6.45) is 9.08. The summed E-state index contributed by atoms with van der Waals surface area (Å²) in [5.41, 5.74) is 0.606. The summed E-state index contributed by atoms with van der Waals surface area (Å²) >= 11 is 0. The van der Waals surface area contributed by atoms with Crippen LogP contribution in [0.2, 0.25) is 0 Å². The van der Waals surface area contributed by atoms with Crippen LogP contribution in [0.15, 0.2) is 73.1 Å². The van der Waals surface area contributed by atoms with E-state index in [1.165, 1.54) is 6.08 Å². The predicted octanol–water partition coefficient (Wildman–Crippen LogP) is 4.43. The molecule has 2 aromatic rings. The lowest BCUT2D eigenvalue weighted by atomic mass is 9.93. The van der Waals surface area contributed by atoms with Gasteiger partial charge >= 0.3 is 11.9 Å². The van der Waals surface area contributed by atoms with E-state index >= 15 is 0 Å². The van der Waals surface area contributed by atoms with Crippen LogP contribution in [-0.2, 0) is 35.1 Å². The van der Waals surface area contributed by atoms with Crippen molar-refractivity contribution in [3.8, 4) is 0 Å². The molecule has 0 saturated carbocycles. The van der Waals surface area contributed by atoms with Gasteiger partial charge in [0, 0.05) is 37.7 Å². The number of carbonyl (C=O) groups is 4. The molecule has 1 aromatic carbocycles. The molecule has 2 N–H and O–H groups in total. The summed E-state index contributed by atoms with van der Waals surface area (Å²) in [6, 6.07) is 12.4. The molecule has 0 bridgehead atoms. The van der Waals surface area contributed by atoms with Crippen LogP contribution in [0.4, 0.5) is 0 Å². The van der Waals surface area contributed by atoms with Gasteiger partial charge in [-0.15, -0.1) is 0 Å². The molecule has 0 fully saturated rings. The average Bonchev–Trinajstić information content (AvgIpc) is 2.97. The van der Waals surface area contributed by atoms with Gasteiger partial charge in [0.25, 0.3) is 0 Å². The van der Waals surface area contributed by atoms with Crippen LogP contribution < -0.4 is 10.6 Å². The fourth-order valence-electron chi connectivity index (χ4n) is 4.45. The van der Waals surface area contributed by atoms with E-state index in [0.717, 1.165) is 11.1 Å². The molecule has 43 heavy (non-hydrogen) atoms. The highest BCUT2D eigenvalue weighted by atomic mass is 16.6. The van der Waals surface area contributed by atoms with Crippen LogP contribution in [-0.4, -0.2) is 53.5 Å². The zero-order valence-electron chi connectivity index (χ0n) is 25.6. The molecule has 9 heteroatoms. The van der Waals surface area contributed by atoms with Crippen molar-refractivity contribution in [2.75, 3.05) is 6.54 Å². The van der Waals surface area contributed by atoms with Gasteiger partial charge in [-0.1, -0.05) is 75.4 Å². The molecule has 1 aliphatic rings. The zero-order chi connectivity index (χ0) is 31.4. The van der Waals surface area contributed by atoms with Gasteiger partial charge < -0.3 is 20.1 Å². The molecule has 3 rings (SSSR count). The fourth-order valence-corrected chi connectivity index (χ4v) is 4.45. The van der Waals surface area contributed by atoms with Gasteiger partial charge in [-0.2, -0.15) is 0 Å². The summed E-state index contributed by atoms with van der Waals surface area (Å²) in [4.78, 5) is 57.0. The van der Waals surface area contributed by atoms with Crippen molar-refractivity contribution in [1.29, 1.82) is 0 Å². The van der Waals surface area contributed by atoms with Crippen molar-refractivity contribution in [1.82, 2.24) is 15.6 Å². The number of ether oxygens (including phenoxy) is 2. The van der Waals surface area contributed by atoms with Gasteiger partial charge in [-0.25, -0.2) is 4.79 Å². The second-order valence-corrected chi connectivity index (χ2v) is 12.0. The monoisotopic (exact) mass is 589 g/mol. The number of nitrogens with one attached hydrogen (secondary N) is 2. The second-order valence-electron chi connectivity index (χ2n) is 12.0. The number of hydrogen-bond acceptors (Lipinski definition) is 7. The van der Waals surface area contributed by atoms with E-state index in [0.29, 0.717) is 0 Å². The Balaban J connectivity index is 1.92. The third-order valence-corrected chi connectivity index (χ3v) is 7.13. The Bertz CT molecular complexity index is 1290. The summed E-state index contributed by atoms with van der Waals surface area (Å²) in [7, 11) is 0. The second kappa shape index (κ2) is 15.8. The van der Waals surface area contributed by atoms with Crippen molar-refractivity contribution in [3.63, 3.8) is 0 Å². The molecule has 2 amide bonds. The highest BCUT2D eigenvalue weighted by molar-refractivity contribution is 5.93. The molecule has 230 valence electrons. The maximum absolute atomic E-state index is 13.4. The largest absolute Gasteiger partial charge is 0.459 e. The Labute approximate surface area is 254 Å². The summed E-state index contributed by atoms with van der Waals surface area (Å²) in [6.45, 7) is 8.98. The average molecular weight is 590 g/mol. The first-order chi connectivity index (χ1) is 20.4. The van der Waals surface area contributed by atoms with Gasteiger partial charge in [0.2, 0.25) is 11.8 Å². The lowest BCUT2D eigenvalue weighted by Gasteiger charge is -2.29. The topological polar surface area (TPSA) is 124 Å². The predicted molar refractivity (Wildman–Crippen MR) is 164 cm³/mol. The Kier molecular flexibility index (Phi) is 12.2. The molecule has 1 aliphatic heterocycles. The highest BCUT2D eigenvalue weighted by Crippen LogP contribution is 2.23. The van der Waals surface area contributed by atoms with Crippen LogP contribution in [0.5, 0.6) is 0 Å². The smallest absolute Gasteiger partial charge is 0.347 e. The normalized spacial score (nSPS) is 23.6. The van der Waals surface area contributed by atoms with E-state index < -0.39 is 47.4 Å². The molecule has 9 nitrogen and oxygen atoms in total. The van der Waals surface area contributed by atoms with Crippen LogP contribution in [0.1, 0.15) is 58.6 Å². The molecule has 0 radical (unpaired) electrons. The maximum atomic E-state index is 13.4. The number of aromatic nitrogens is 1. The standard InChI is InChI=1S/C34H43N3O6/c1-23(2)19-29-32(40)42-28(24(3)16-17-25-11-7-6-8-12-25)14-9-15-30(38)37-27(20-26-13-10-18-35-21-26)31(39)36-22-34(4,5)33(41)43-29/h6-13,15-18,21,23-24,27-29H,14,19-20,22H2,1-5H3,(H,36,39)(H,37,38)/b15-9+,17-16+/t24-,27-,28+,29+/m1/s1. The quantitative estimate of drug-likeness (QED) is 0.458. The third kappa shape index (κ3) is 10.8. The highest BCUT2D eigenvalue weighted by Gasteiger charge is 2.36. The lowest BCUT2D eigenvalue weighted by Crippen LogP contribution is -2.51. The Hall–Kier alpha value is -4.27. The number of rotatable bonds is 7. The van der Waals surface area contributed by atoms with E-state index in [9.17, 15) is 19.2 Å². The Morgan fingerprint density at radius 1 is 1.02 bits per heavy atom. The first kappa shape index (κ1) is 33.2. The molecule has 0 aliphatic carbocycles. The van der Waals surface area contributed by atoms with Gasteiger partial charge in [0.1, 0.15) is 12.1 Å². The van der Waals surface area contributed by atoms with E-state index in [2.05, 4.69) is 15.6 Å². The number of carbonyl (C=O) groups excluding carboxylic acids is 4. The first-order valence-electron chi connectivity index (χ1n) is 14.7. The maximum Gasteiger partial charge on any atom is 0.347 e. The molecular weight excluding hydrogens is 546 g/mol. The minimum absolute atomic E-state index is 0.0458. The van der Waals surface area contributed by atoms with Crippen molar-refractivity contribution in [2.24, 2.45) is 17.3 Å². The van der Waals surface area contributed by atoms with Crippen LogP contribution in [0.25, 0.3) is 6.08 Å². The van der Waals surface area contributed by atoms with Crippen molar-refractivity contribution >= 4 is 29.8 Å². The van der Waals surface area contributed by atoms with Gasteiger partial charge in [-0.3, -0.25) is 19.4 Å². The molecule has 4 atom stereocenters. The van der Waals surface area contributed by atoms with Crippen molar-refractivity contribution < 1.29 is 28.7 Å². The number of cyclic esters (lactones) is 2. The number of esters is 2. The number of amides is 2. The number of benzene rings is 1. The lowest BCUT2D eigenvalue weighted by molar-refractivity contribution is -0.178. The van der Waals surface area contributed by atoms with Gasteiger partial charge in [0.05, 0.1) is 5.41 Å². The first-order valence-corrected chi connectivity index (χ1v) is 14.7. The van der Waals surface area contributed by atoms with Crippen molar-refractivity contribution in [3.05, 3.63) is 84.2 Å². The van der Waals surface area contributed by atoms with E-state index in [4.69, 9.17) is 9.47 Å². The zero-order valence-corrected chi connectivity index (χ0v) is 25.6. The van der Waals surface area contributed by atoms with Crippen molar-refractivity contribution in [2.45, 2.75) is 72.1 Å². The van der Waals surface area contributed by atoms with Crippen LogP contribution in [0.3, 0.4) is 0 Å². The fraction of sp³-hybridized carbons (Fsp3) is 0.441. The van der Waals surface area contributed by atoms with Crippen LogP contribution in [0, 0.1) is 17.3 Å². The van der Waals surface area contributed by atoms with E-state index in [1.807, 2.05) is 69.3 Å². The number of nitrogens with zero attached hydrogens (tertiary/aromatic N) is 1. The summed E-state index contributed by atoms with van der Waals surface area (Å²) in [5.74, 6) is -2.38. The molecule has 0 unspecified atom stereocenters. The van der Waals surface area contributed by atoms with Crippen LogP contribution >= 0.6 is 0 Å². The molecule has 2 heterocycles. The molecule has 0 spiro atoms. The number of hydrogen-bond donors (Lipinski definition) is 2. The molecule has 0 saturated heterocycles. The van der Waals surface area contributed by atoms with Gasteiger partial charge in [-0.05, 0) is 49.5 Å². The summed E-state index contributed by atoms with van der Waals surface area (Å²) < 4.78 is 11.7. The Morgan fingerprint density at radius 2 is 1.77 bits per heavy atom. The summed E-state index contributed by atoms with van der Waals surface area (Å²) in [5, 5.41) is 5.53. The minimum Gasteiger partial charge on any atom is -0.459 e. The van der Waals surface area contributed by atoms with E-state index in [1.54, 1.807) is 38.4 Å². The minimum atomic E-state index is -1.16. The SMILES string of the molecule is CC(C)C[C@@H]1OC(=O)C(C)(C)CNC(=O)[C@@H](Cc2cccnc2)NC(=O)/C=C/C[C@@H]([C@H](C)/C=C/c2ccccc2)OC1=O. The Morgan fingerprint density at radius 3 is 2.44 bits per heavy atom.